The van der Waals surface area contributed by atoms with Gasteiger partial charge in [0.2, 0.25) is 10.0 Å². The van der Waals surface area contributed by atoms with E-state index < -0.39 is 10.0 Å². The molecule has 1 aliphatic rings. The van der Waals surface area contributed by atoms with Crippen LogP contribution in [0, 0.1) is 0 Å². The molecule has 140 valence electrons. The highest BCUT2D eigenvalue weighted by molar-refractivity contribution is 7.89. The maximum Gasteiger partial charge on any atom is 0.214 e. The third kappa shape index (κ3) is 5.08. The molecule has 1 aliphatic heterocycles. The summed E-state index contributed by atoms with van der Waals surface area (Å²) in [6.07, 6.45) is 3.10. The standard InChI is InChI=1S/C21H27NO3S/c1-2-18-9-6-10-21(17-18)25-20-11-14-22(15-12-20)26(23,24)16-13-19-7-4-3-5-8-19/h3-10,17,20H,2,11-16H2,1H3. The molecule has 0 radical (unpaired) electrons. The lowest BCUT2D eigenvalue weighted by molar-refractivity contribution is 0.135. The van der Waals surface area contributed by atoms with Gasteiger partial charge < -0.3 is 4.74 Å². The summed E-state index contributed by atoms with van der Waals surface area (Å²) in [6.45, 7) is 3.20. The fraction of sp³-hybridized carbons (Fsp3) is 0.429. The summed E-state index contributed by atoms with van der Waals surface area (Å²) < 4.78 is 32.9. The molecule has 1 saturated heterocycles. The molecule has 1 fully saturated rings. The lowest BCUT2D eigenvalue weighted by atomic mass is 10.1. The number of benzene rings is 2. The first-order chi connectivity index (χ1) is 12.6. The summed E-state index contributed by atoms with van der Waals surface area (Å²) >= 11 is 0. The van der Waals surface area contributed by atoms with Crippen LogP contribution >= 0.6 is 0 Å². The van der Waals surface area contributed by atoms with Crippen LogP contribution in [-0.4, -0.2) is 37.7 Å². The second-order valence-corrected chi connectivity index (χ2v) is 8.86. The minimum absolute atomic E-state index is 0.0858. The van der Waals surface area contributed by atoms with Crippen LogP contribution in [0.25, 0.3) is 0 Å². The molecular weight excluding hydrogens is 346 g/mol. The monoisotopic (exact) mass is 373 g/mol. The fourth-order valence-electron chi connectivity index (χ4n) is 3.28. The zero-order valence-electron chi connectivity index (χ0n) is 15.3. The predicted octanol–water partition coefficient (Wildman–Crippen LogP) is 3.66. The molecule has 0 bridgehead atoms. The lowest BCUT2D eigenvalue weighted by Crippen LogP contribution is -2.43. The van der Waals surface area contributed by atoms with Gasteiger partial charge in [-0.3, -0.25) is 0 Å². The van der Waals surface area contributed by atoms with Crippen LogP contribution in [0.15, 0.2) is 54.6 Å². The first-order valence-corrected chi connectivity index (χ1v) is 10.9. The molecule has 1 heterocycles. The molecule has 2 aromatic rings. The van der Waals surface area contributed by atoms with Crippen LogP contribution in [0.5, 0.6) is 5.75 Å². The highest BCUT2D eigenvalue weighted by Crippen LogP contribution is 2.22. The molecule has 0 spiro atoms. The SMILES string of the molecule is CCc1cccc(OC2CCN(S(=O)(=O)CCc3ccccc3)CC2)c1. The van der Waals surface area contributed by atoms with Gasteiger partial charge in [0, 0.05) is 13.1 Å². The summed E-state index contributed by atoms with van der Waals surface area (Å²) in [4.78, 5) is 0. The Morgan fingerprint density at radius 3 is 2.38 bits per heavy atom. The Bertz CT molecular complexity index is 797. The van der Waals surface area contributed by atoms with E-state index in [1.807, 2.05) is 42.5 Å². The number of piperidine rings is 1. The number of nitrogens with zero attached hydrogens (tertiary/aromatic N) is 1. The first-order valence-electron chi connectivity index (χ1n) is 9.34. The fourth-order valence-corrected chi connectivity index (χ4v) is 4.80. The van der Waals surface area contributed by atoms with Crippen molar-refractivity contribution in [3.05, 3.63) is 65.7 Å². The second kappa shape index (κ2) is 8.69. The van der Waals surface area contributed by atoms with Gasteiger partial charge in [-0.05, 0) is 48.9 Å². The maximum absolute atomic E-state index is 12.6. The van der Waals surface area contributed by atoms with Crippen molar-refractivity contribution in [2.75, 3.05) is 18.8 Å². The maximum atomic E-state index is 12.6. The molecule has 3 rings (SSSR count). The lowest BCUT2D eigenvalue weighted by Gasteiger charge is -2.31. The van der Waals surface area contributed by atoms with Gasteiger partial charge in [-0.2, -0.15) is 0 Å². The quantitative estimate of drug-likeness (QED) is 0.744. The number of hydrogen-bond acceptors (Lipinski definition) is 3. The number of hydrogen-bond donors (Lipinski definition) is 0. The van der Waals surface area contributed by atoms with E-state index in [-0.39, 0.29) is 11.9 Å². The van der Waals surface area contributed by atoms with E-state index in [9.17, 15) is 8.42 Å². The van der Waals surface area contributed by atoms with Gasteiger partial charge in [0.25, 0.3) is 0 Å². The Kier molecular flexibility index (Phi) is 6.33. The van der Waals surface area contributed by atoms with Crippen LogP contribution in [0.2, 0.25) is 0 Å². The van der Waals surface area contributed by atoms with Gasteiger partial charge in [-0.25, -0.2) is 12.7 Å². The Balaban J connectivity index is 1.50. The van der Waals surface area contributed by atoms with Gasteiger partial charge in [-0.1, -0.05) is 49.4 Å². The molecule has 0 aromatic heterocycles. The number of sulfonamides is 1. The van der Waals surface area contributed by atoms with Gasteiger partial charge in [0.05, 0.1) is 5.75 Å². The van der Waals surface area contributed by atoms with Crippen molar-refractivity contribution in [2.45, 2.75) is 38.7 Å². The highest BCUT2D eigenvalue weighted by Gasteiger charge is 2.28. The Morgan fingerprint density at radius 2 is 1.69 bits per heavy atom. The van der Waals surface area contributed by atoms with Crippen molar-refractivity contribution in [3.8, 4) is 5.75 Å². The number of rotatable bonds is 7. The van der Waals surface area contributed by atoms with E-state index in [0.717, 1.165) is 30.6 Å². The minimum atomic E-state index is -3.21. The summed E-state index contributed by atoms with van der Waals surface area (Å²) in [5.41, 5.74) is 2.31. The zero-order valence-corrected chi connectivity index (χ0v) is 16.1. The minimum Gasteiger partial charge on any atom is -0.490 e. The molecule has 0 unspecified atom stereocenters. The molecule has 2 aromatic carbocycles. The van der Waals surface area contributed by atoms with Gasteiger partial charge in [0.15, 0.2) is 0 Å². The molecule has 26 heavy (non-hydrogen) atoms. The predicted molar refractivity (Wildman–Crippen MR) is 105 cm³/mol. The van der Waals surface area contributed by atoms with Crippen molar-refractivity contribution in [1.29, 1.82) is 0 Å². The van der Waals surface area contributed by atoms with Crippen molar-refractivity contribution < 1.29 is 13.2 Å². The summed E-state index contributed by atoms with van der Waals surface area (Å²) in [7, 11) is -3.21. The van der Waals surface area contributed by atoms with E-state index in [1.54, 1.807) is 4.31 Å². The topological polar surface area (TPSA) is 46.6 Å². The van der Waals surface area contributed by atoms with Gasteiger partial charge >= 0.3 is 0 Å². The smallest absolute Gasteiger partial charge is 0.214 e. The number of ether oxygens (including phenoxy) is 1. The average Bonchev–Trinajstić information content (AvgIpc) is 2.68. The molecule has 0 amide bonds. The van der Waals surface area contributed by atoms with Crippen LogP contribution in [-0.2, 0) is 22.9 Å². The molecule has 4 nitrogen and oxygen atoms in total. The summed E-state index contributed by atoms with van der Waals surface area (Å²) in [5.74, 6) is 1.05. The summed E-state index contributed by atoms with van der Waals surface area (Å²) in [6, 6.07) is 17.9. The Labute approximate surface area is 156 Å². The van der Waals surface area contributed by atoms with Crippen LogP contribution in [0.4, 0.5) is 0 Å². The van der Waals surface area contributed by atoms with Crippen molar-refractivity contribution in [2.24, 2.45) is 0 Å². The van der Waals surface area contributed by atoms with Gasteiger partial charge in [-0.15, -0.1) is 0 Å². The second-order valence-electron chi connectivity index (χ2n) is 6.77. The van der Waals surface area contributed by atoms with Crippen molar-refractivity contribution in [1.82, 2.24) is 4.31 Å². The van der Waals surface area contributed by atoms with E-state index >= 15 is 0 Å². The third-order valence-electron chi connectivity index (χ3n) is 4.90. The summed E-state index contributed by atoms with van der Waals surface area (Å²) in [5, 5.41) is 0. The van der Waals surface area contributed by atoms with Crippen LogP contribution in [0.1, 0.15) is 30.9 Å². The molecule has 0 aliphatic carbocycles. The molecule has 5 heteroatoms. The van der Waals surface area contributed by atoms with Crippen LogP contribution < -0.4 is 4.74 Å². The molecule has 0 saturated carbocycles. The molecule has 0 N–H and O–H groups in total. The molecular formula is C21H27NO3S. The number of aryl methyl sites for hydroxylation is 2. The Hall–Kier alpha value is -1.85. The van der Waals surface area contributed by atoms with Crippen molar-refractivity contribution in [3.63, 3.8) is 0 Å². The van der Waals surface area contributed by atoms with E-state index in [1.165, 1.54) is 5.56 Å². The van der Waals surface area contributed by atoms with E-state index in [0.29, 0.717) is 19.5 Å². The largest absolute Gasteiger partial charge is 0.490 e. The Morgan fingerprint density at radius 1 is 1.00 bits per heavy atom. The molecule has 0 atom stereocenters. The van der Waals surface area contributed by atoms with Crippen molar-refractivity contribution >= 4 is 10.0 Å². The normalized spacial score (nSPS) is 16.5. The third-order valence-corrected chi connectivity index (χ3v) is 6.77. The first kappa shape index (κ1) is 18.9. The van der Waals surface area contributed by atoms with Crippen LogP contribution in [0.3, 0.4) is 0 Å². The van der Waals surface area contributed by atoms with E-state index in [2.05, 4.69) is 19.1 Å². The zero-order chi connectivity index (χ0) is 18.4. The van der Waals surface area contributed by atoms with E-state index in [4.69, 9.17) is 4.74 Å². The average molecular weight is 374 g/mol. The highest BCUT2D eigenvalue weighted by atomic mass is 32.2. The van der Waals surface area contributed by atoms with Gasteiger partial charge in [0.1, 0.15) is 11.9 Å².